The summed E-state index contributed by atoms with van der Waals surface area (Å²) >= 11 is 12.6. The summed E-state index contributed by atoms with van der Waals surface area (Å²) in [7, 11) is 0. The molecule has 1 aliphatic rings. The highest BCUT2D eigenvalue weighted by atomic mass is 79.9. The molecule has 3 rings (SSSR count). The zero-order valence-corrected chi connectivity index (χ0v) is 15.7. The van der Waals surface area contributed by atoms with Crippen LogP contribution in [0.1, 0.15) is 28.4 Å². The van der Waals surface area contributed by atoms with Gasteiger partial charge in [0.1, 0.15) is 11.9 Å². The lowest BCUT2D eigenvalue weighted by molar-refractivity contribution is 0.254. The summed E-state index contributed by atoms with van der Waals surface area (Å²) in [5.41, 5.74) is 3.83. The third-order valence-corrected chi connectivity index (χ3v) is 6.58. The van der Waals surface area contributed by atoms with E-state index in [4.69, 9.17) is 4.74 Å². The van der Waals surface area contributed by atoms with Crippen molar-refractivity contribution in [3.05, 3.63) is 48.5 Å². The lowest BCUT2D eigenvalue weighted by Crippen LogP contribution is -2.05. The quantitative estimate of drug-likeness (QED) is 0.487. The van der Waals surface area contributed by atoms with Gasteiger partial charge >= 0.3 is 0 Å². The van der Waals surface area contributed by atoms with E-state index in [-0.39, 0.29) is 4.83 Å². The molecule has 2 heterocycles. The van der Waals surface area contributed by atoms with Gasteiger partial charge in [-0.05, 0) is 67.6 Å². The lowest BCUT2D eigenvalue weighted by atomic mass is 10.0. The van der Waals surface area contributed by atoms with Crippen molar-refractivity contribution in [2.75, 3.05) is 0 Å². The van der Waals surface area contributed by atoms with Crippen LogP contribution in [0, 0.1) is 0 Å². The standard InChI is InChI=1S/C14H11Br3OS/c1-7-4-9-5-8(2-3-11(9)18-7)13(16)10-6-12(15)19-14(10)17/h2-3,5-7,13H,4H2,1H3. The van der Waals surface area contributed by atoms with Gasteiger partial charge in [0.15, 0.2) is 0 Å². The third-order valence-electron chi connectivity index (χ3n) is 3.17. The summed E-state index contributed by atoms with van der Waals surface area (Å²) in [6.07, 6.45) is 1.29. The first-order valence-corrected chi connectivity index (χ1v) is 9.24. The van der Waals surface area contributed by atoms with E-state index in [2.05, 4.69) is 79.0 Å². The van der Waals surface area contributed by atoms with E-state index in [1.165, 1.54) is 16.7 Å². The molecule has 0 saturated heterocycles. The minimum absolute atomic E-state index is 0.200. The molecule has 2 unspecified atom stereocenters. The molecular weight excluding hydrogens is 456 g/mol. The Hall–Kier alpha value is 0.160. The number of thiophene rings is 1. The third kappa shape index (κ3) is 2.80. The maximum atomic E-state index is 5.75. The van der Waals surface area contributed by atoms with Gasteiger partial charge in [-0.25, -0.2) is 0 Å². The van der Waals surface area contributed by atoms with E-state index in [1.54, 1.807) is 11.3 Å². The molecule has 100 valence electrons. The topological polar surface area (TPSA) is 9.23 Å². The summed E-state index contributed by atoms with van der Waals surface area (Å²) in [6.45, 7) is 2.11. The van der Waals surface area contributed by atoms with E-state index in [9.17, 15) is 0 Å². The molecule has 0 N–H and O–H groups in total. The zero-order valence-electron chi connectivity index (χ0n) is 10.1. The number of benzene rings is 1. The molecule has 2 aromatic rings. The smallest absolute Gasteiger partial charge is 0.123 e. The second-order valence-electron chi connectivity index (χ2n) is 4.64. The van der Waals surface area contributed by atoms with Crippen molar-refractivity contribution in [3.63, 3.8) is 0 Å². The first-order valence-electron chi connectivity index (χ1n) is 5.93. The fourth-order valence-electron chi connectivity index (χ4n) is 2.30. The summed E-state index contributed by atoms with van der Waals surface area (Å²) in [6, 6.07) is 8.61. The lowest BCUT2D eigenvalue weighted by Gasteiger charge is -2.11. The van der Waals surface area contributed by atoms with Crippen molar-refractivity contribution in [1.82, 2.24) is 0 Å². The van der Waals surface area contributed by atoms with Gasteiger partial charge in [0.25, 0.3) is 0 Å². The summed E-state index contributed by atoms with van der Waals surface area (Å²) in [4.78, 5) is 0.200. The first-order chi connectivity index (χ1) is 9.04. The van der Waals surface area contributed by atoms with E-state index in [0.29, 0.717) is 6.10 Å². The summed E-state index contributed by atoms with van der Waals surface area (Å²) in [5.74, 6) is 1.03. The molecule has 5 heteroatoms. The molecule has 1 aromatic carbocycles. The minimum atomic E-state index is 0.200. The highest BCUT2D eigenvalue weighted by Gasteiger charge is 2.22. The van der Waals surface area contributed by atoms with Crippen molar-refractivity contribution < 1.29 is 4.74 Å². The van der Waals surface area contributed by atoms with Crippen LogP contribution >= 0.6 is 59.1 Å². The number of hydrogen-bond acceptors (Lipinski definition) is 2. The number of alkyl halides is 1. The van der Waals surface area contributed by atoms with Crippen LogP contribution in [0.5, 0.6) is 5.75 Å². The number of ether oxygens (including phenoxy) is 1. The van der Waals surface area contributed by atoms with Gasteiger partial charge in [-0.15, -0.1) is 11.3 Å². The second kappa shape index (κ2) is 5.51. The molecule has 0 aliphatic carbocycles. The predicted octanol–water partition coefficient (Wildman–Crippen LogP) is 6.08. The summed E-state index contributed by atoms with van der Waals surface area (Å²) < 4.78 is 8.04. The molecule has 0 amide bonds. The average Bonchev–Trinajstić information content (AvgIpc) is 2.88. The summed E-state index contributed by atoms with van der Waals surface area (Å²) in [5, 5.41) is 0. The van der Waals surface area contributed by atoms with E-state index < -0.39 is 0 Å². The van der Waals surface area contributed by atoms with E-state index in [0.717, 1.165) is 19.7 Å². The molecule has 1 nitrogen and oxygen atoms in total. The van der Waals surface area contributed by atoms with Crippen LogP contribution in [-0.2, 0) is 6.42 Å². The Labute approximate surface area is 141 Å². The van der Waals surface area contributed by atoms with Crippen LogP contribution < -0.4 is 4.74 Å². The zero-order chi connectivity index (χ0) is 13.6. The molecule has 0 bridgehead atoms. The van der Waals surface area contributed by atoms with Crippen molar-refractivity contribution in [2.24, 2.45) is 0 Å². The Kier molecular flexibility index (Phi) is 4.09. The maximum Gasteiger partial charge on any atom is 0.123 e. The number of rotatable bonds is 2. The van der Waals surface area contributed by atoms with Gasteiger partial charge < -0.3 is 4.74 Å². The Morgan fingerprint density at radius 2 is 2.11 bits per heavy atom. The molecule has 0 radical (unpaired) electrons. The fraction of sp³-hybridized carbons (Fsp3) is 0.286. The monoisotopic (exact) mass is 464 g/mol. The molecule has 19 heavy (non-hydrogen) atoms. The number of fused-ring (bicyclic) bond motifs is 1. The second-order valence-corrected chi connectivity index (χ2v) is 9.31. The number of halogens is 3. The molecule has 0 spiro atoms. The molecule has 0 saturated carbocycles. The van der Waals surface area contributed by atoms with Gasteiger partial charge in [-0.2, -0.15) is 0 Å². The minimum Gasteiger partial charge on any atom is -0.490 e. The van der Waals surface area contributed by atoms with Gasteiger partial charge in [0.05, 0.1) is 12.4 Å². The average molecular weight is 467 g/mol. The highest BCUT2D eigenvalue weighted by molar-refractivity contribution is 9.12. The van der Waals surface area contributed by atoms with Crippen molar-refractivity contribution in [3.8, 4) is 5.75 Å². The molecular formula is C14H11Br3OS. The Balaban J connectivity index is 1.95. The van der Waals surface area contributed by atoms with Crippen LogP contribution in [0.3, 0.4) is 0 Å². The van der Waals surface area contributed by atoms with Crippen LogP contribution in [0.25, 0.3) is 0 Å². The van der Waals surface area contributed by atoms with Crippen LogP contribution in [-0.4, -0.2) is 6.10 Å². The Morgan fingerprint density at radius 1 is 1.32 bits per heavy atom. The fourth-order valence-corrected chi connectivity index (χ4v) is 6.31. The normalized spacial score (nSPS) is 19.1. The van der Waals surface area contributed by atoms with Gasteiger partial charge in [0, 0.05) is 6.42 Å². The predicted molar refractivity (Wildman–Crippen MR) is 90.7 cm³/mol. The van der Waals surface area contributed by atoms with Gasteiger partial charge in [0.2, 0.25) is 0 Å². The van der Waals surface area contributed by atoms with Crippen molar-refractivity contribution >= 4 is 59.1 Å². The van der Waals surface area contributed by atoms with Crippen molar-refractivity contribution in [2.45, 2.75) is 24.3 Å². The highest BCUT2D eigenvalue weighted by Crippen LogP contribution is 2.43. The SMILES string of the molecule is CC1Cc2cc(C(Br)c3cc(Br)sc3Br)ccc2O1. The van der Waals surface area contributed by atoms with Crippen LogP contribution in [0.15, 0.2) is 31.8 Å². The molecule has 0 fully saturated rings. The number of hydrogen-bond donors (Lipinski definition) is 0. The molecule has 2 atom stereocenters. The first kappa shape index (κ1) is 14.1. The van der Waals surface area contributed by atoms with E-state index >= 15 is 0 Å². The molecule has 1 aromatic heterocycles. The maximum absolute atomic E-state index is 5.75. The van der Waals surface area contributed by atoms with Crippen LogP contribution in [0.2, 0.25) is 0 Å². The largest absolute Gasteiger partial charge is 0.490 e. The van der Waals surface area contributed by atoms with E-state index in [1.807, 2.05) is 0 Å². The van der Waals surface area contributed by atoms with Crippen molar-refractivity contribution in [1.29, 1.82) is 0 Å². The Morgan fingerprint density at radius 3 is 2.79 bits per heavy atom. The molecule has 1 aliphatic heterocycles. The Bertz CT molecular complexity index is 623. The van der Waals surface area contributed by atoms with Gasteiger partial charge in [-0.3, -0.25) is 0 Å². The van der Waals surface area contributed by atoms with Gasteiger partial charge in [-0.1, -0.05) is 28.1 Å². The van der Waals surface area contributed by atoms with Crippen LogP contribution in [0.4, 0.5) is 0 Å².